The van der Waals surface area contributed by atoms with Gasteiger partial charge in [-0.2, -0.15) is 0 Å². The number of halogens is 2. The van der Waals surface area contributed by atoms with Crippen LogP contribution in [0.1, 0.15) is 41.4 Å². The fraction of sp³-hybridized carbons (Fsp3) is 0.0800. The van der Waals surface area contributed by atoms with Gasteiger partial charge in [-0.15, -0.1) is 0 Å². The van der Waals surface area contributed by atoms with Crippen molar-refractivity contribution in [3.63, 3.8) is 0 Å². The first-order valence-electron chi connectivity index (χ1n) is 10.7. The van der Waals surface area contributed by atoms with Crippen LogP contribution in [0, 0.1) is 10.1 Å². The monoisotopic (exact) mass is 556 g/mol. The molecular formula is C25H14Cl2N2O9. The average molecular weight is 557 g/mol. The van der Waals surface area contributed by atoms with Crippen LogP contribution in [-0.2, 0) is 9.53 Å². The minimum absolute atomic E-state index is 0.128. The van der Waals surface area contributed by atoms with E-state index in [1.165, 1.54) is 54.6 Å². The van der Waals surface area contributed by atoms with Gasteiger partial charge in [-0.3, -0.25) is 34.2 Å². The van der Waals surface area contributed by atoms with E-state index in [1.807, 2.05) is 0 Å². The molecule has 0 saturated carbocycles. The number of imide groups is 1. The van der Waals surface area contributed by atoms with Crippen molar-refractivity contribution in [3.8, 4) is 5.75 Å². The van der Waals surface area contributed by atoms with Gasteiger partial charge in [-0.05, 0) is 48.5 Å². The Kier molecular flexibility index (Phi) is 7.51. The van der Waals surface area contributed by atoms with Gasteiger partial charge in [0.1, 0.15) is 17.9 Å². The molecule has 0 N–H and O–H groups in total. The highest BCUT2D eigenvalue weighted by atomic mass is 35.5. The Balaban J connectivity index is 1.32. The second-order valence-corrected chi connectivity index (χ2v) is 8.59. The summed E-state index contributed by atoms with van der Waals surface area (Å²) in [5, 5.41) is 11.6. The number of nitro benzene ring substituents is 1. The Labute approximate surface area is 223 Å². The summed E-state index contributed by atoms with van der Waals surface area (Å²) in [5.41, 5.74) is -0.875. The maximum Gasteiger partial charge on any atom is 0.343 e. The highest BCUT2D eigenvalue weighted by Crippen LogP contribution is 2.30. The van der Waals surface area contributed by atoms with Crippen molar-refractivity contribution in [1.29, 1.82) is 0 Å². The molecule has 0 unspecified atom stereocenters. The smallest absolute Gasteiger partial charge is 0.343 e. The standard InChI is InChI=1S/C25H14Cl2N2O9/c26-17-9-6-14(10-18(17)27)25(34)38-15-7-4-13(5-8-15)20(30)12-37-21(31)11-28-23(32)16-2-1-3-19(29(35)36)22(16)24(28)33/h1-10H,11-12H2. The Morgan fingerprint density at radius 2 is 1.58 bits per heavy atom. The van der Waals surface area contributed by atoms with Crippen LogP contribution in [0.2, 0.25) is 10.0 Å². The zero-order valence-corrected chi connectivity index (χ0v) is 20.5. The van der Waals surface area contributed by atoms with E-state index in [1.54, 1.807) is 0 Å². The third kappa shape index (κ3) is 5.38. The van der Waals surface area contributed by atoms with Gasteiger partial charge in [0.05, 0.1) is 26.1 Å². The molecule has 0 saturated heterocycles. The van der Waals surface area contributed by atoms with Crippen LogP contribution in [0.15, 0.2) is 60.7 Å². The highest BCUT2D eigenvalue weighted by molar-refractivity contribution is 6.42. The number of nitrogens with zero attached hydrogens (tertiary/aromatic N) is 2. The summed E-state index contributed by atoms with van der Waals surface area (Å²) in [7, 11) is 0. The molecular weight excluding hydrogens is 543 g/mol. The van der Waals surface area contributed by atoms with E-state index < -0.39 is 58.9 Å². The van der Waals surface area contributed by atoms with E-state index in [4.69, 9.17) is 32.7 Å². The molecule has 11 nitrogen and oxygen atoms in total. The molecule has 1 aliphatic heterocycles. The van der Waals surface area contributed by atoms with Crippen LogP contribution in [0.5, 0.6) is 5.75 Å². The van der Waals surface area contributed by atoms with Crippen LogP contribution in [0.3, 0.4) is 0 Å². The van der Waals surface area contributed by atoms with Crippen LogP contribution in [-0.4, -0.2) is 52.5 Å². The van der Waals surface area contributed by atoms with Gasteiger partial charge in [0.2, 0.25) is 0 Å². The molecule has 3 aromatic rings. The molecule has 4 rings (SSSR count). The topological polar surface area (TPSA) is 150 Å². The number of benzene rings is 3. The third-order valence-corrected chi connectivity index (χ3v) is 6.11. The largest absolute Gasteiger partial charge is 0.456 e. The minimum atomic E-state index is -1.07. The minimum Gasteiger partial charge on any atom is -0.456 e. The van der Waals surface area contributed by atoms with Gasteiger partial charge in [0, 0.05) is 11.6 Å². The number of nitro groups is 1. The molecule has 38 heavy (non-hydrogen) atoms. The molecule has 0 radical (unpaired) electrons. The van der Waals surface area contributed by atoms with Crippen molar-refractivity contribution in [3.05, 3.63) is 103 Å². The first-order chi connectivity index (χ1) is 18.1. The van der Waals surface area contributed by atoms with Crippen molar-refractivity contribution < 1.29 is 38.4 Å². The molecule has 1 heterocycles. The van der Waals surface area contributed by atoms with Crippen molar-refractivity contribution >= 4 is 58.4 Å². The molecule has 0 spiro atoms. The lowest BCUT2D eigenvalue weighted by Crippen LogP contribution is -2.36. The van der Waals surface area contributed by atoms with Gasteiger partial charge in [0.15, 0.2) is 12.4 Å². The van der Waals surface area contributed by atoms with Crippen LogP contribution < -0.4 is 4.74 Å². The molecule has 0 atom stereocenters. The lowest BCUT2D eigenvalue weighted by atomic mass is 10.1. The number of esters is 2. The van der Waals surface area contributed by atoms with E-state index in [-0.39, 0.29) is 32.5 Å². The number of hydrogen-bond donors (Lipinski definition) is 0. The summed E-state index contributed by atoms with van der Waals surface area (Å²) in [6.07, 6.45) is 0. The number of Topliss-reactive ketones (excluding diaryl/α,β-unsaturated/α-hetero) is 1. The number of fused-ring (bicyclic) bond motifs is 1. The normalized spacial score (nSPS) is 12.2. The van der Waals surface area contributed by atoms with E-state index in [0.717, 1.165) is 6.07 Å². The lowest BCUT2D eigenvalue weighted by Gasteiger charge is -2.12. The summed E-state index contributed by atoms with van der Waals surface area (Å²) in [6.45, 7) is -1.54. The number of amides is 2. The first kappa shape index (κ1) is 26.5. The Morgan fingerprint density at radius 1 is 0.895 bits per heavy atom. The van der Waals surface area contributed by atoms with Gasteiger partial charge in [-0.25, -0.2) is 4.79 Å². The summed E-state index contributed by atoms with van der Waals surface area (Å²) in [4.78, 5) is 72.8. The van der Waals surface area contributed by atoms with Gasteiger partial charge < -0.3 is 9.47 Å². The van der Waals surface area contributed by atoms with Crippen molar-refractivity contribution in [2.45, 2.75) is 0 Å². The summed E-state index contributed by atoms with van der Waals surface area (Å²) in [5.74, 6) is -4.14. The number of ether oxygens (including phenoxy) is 2. The summed E-state index contributed by atoms with van der Waals surface area (Å²) < 4.78 is 10.1. The van der Waals surface area contributed by atoms with Gasteiger partial charge in [0.25, 0.3) is 17.5 Å². The summed E-state index contributed by atoms with van der Waals surface area (Å²) in [6, 6.07) is 13.2. The zero-order valence-electron chi connectivity index (χ0n) is 19.0. The number of hydrogen-bond acceptors (Lipinski definition) is 9. The number of carbonyl (C=O) groups excluding carboxylic acids is 5. The Hall–Kier alpha value is -4.61. The van der Waals surface area contributed by atoms with Crippen LogP contribution in [0.4, 0.5) is 5.69 Å². The molecule has 3 aromatic carbocycles. The van der Waals surface area contributed by atoms with Gasteiger partial charge >= 0.3 is 11.9 Å². The zero-order chi connectivity index (χ0) is 27.6. The SMILES string of the molecule is O=C(CN1C(=O)c2cccc([N+](=O)[O-])c2C1=O)OCC(=O)c1ccc(OC(=O)c2ccc(Cl)c(Cl)c2)cc1. The molecule has 0 bridgehead atoms. The van der Waals surface area contributed by atoms with Crippen molar-refractivity contribution in [2.75, 3.05) is 13.2 Å². The quantitative estimate of drug-likeness (QED) is 0.0994. The lowest BCUT2D eigenvalue weighted by molar-refractivity contribution is -0.385. The maximum absolute atomic E-state index is 12.5. The maximum atomic E-state index is 12.5. The van der Waals surface area contributed by atoms with Crippen molar-refractivity contribution in [2.24, 2.45) is 0 Å². The molecule has 0 fully saturated rings. The fourth-order valence-electron chi connectivity index (χ4n) is 3.51. The van der Waals surface area contributed by atoms with E-state index in [9.17, 15) is 34.1 Å². The predicted molar refractivity (Wildman–Crippen MR) is 132 cm³/mol. The number of ketones is 1. The third-order valence-electron chi connectivity index (χ3n) is 5.37. The molecule has 192 valence electrons. The molecule has 2 amide bonds. The number of carbonyl (C=O) groups is 5. The van der Waals surface area contributed by atoms with Crippen molar-refractivity contribution in [1.82, 2.24) is 4.90 Å². The van der Waals surface area contributed by atoms with E-state index in [0.29, 0.717) is 4.90 Å². The fourth-order valence-corrected chi connectivity index (χ4v) is 3.81. The first-order valence-corrected chi connectivity index (χ1v) is 11.4. The van der Waals surface area contributed by atoms with Gasteiger partial charge in [-0.1, -0.05) is 29.3 Å². The van der Waals surface area contributed by atoms with E-state index in [2.05, 4.69) is 0 Å². The Bertz CT molecular complexity index is 1520. The van der Waals surface area contributed by atoms with E-state index >= 15 is 0 Å². The molecule has 0 aromatic heterocycles. The predicted octanol–water partition coefficient (Wildman–Crippen LogP) is 4.14. The summed E-state index contributed by atoms with van der Waals surface area (Å²) >= 11 is 11.7. The highest BCUT2D eigenvalue weighted by Gasteiger charge is 2.42. The second kappa shape index (κ2) is 10.8. The Morgan fingerprint density at radius 3 is 2.24 bits per heavy atom. The van der Waals surface area contributed by atoms with Crippen LogP contribution >= 0.6 is 23.2 Å². The van der Waals surface area contributed by atoms with Crippen LogP contribution in [0.25, 0.3) is 0 Å². The molecule has 0 aliphatic carbocycles. The average Bonchev–Trinajstić information content (AvgIpc) is 3.14. The molecule has 1 aliphatic rings. The second-order valence-electron chi connectivity index (χ2n) is 7.78. The number of rotatable bonds is 8. The molecule has 13 heteroatoms.